The summed E-state index contributed by atoms with van der Waals surface area (Å²) in [7, 11) is 0. The maximum atomic E-state index is 12.7. The second-order valence-corrected chi connectivity index (χ2v) is 6.75. The summed E-state index contributed by atoms with van der Waals surface area (Å²) in [4.78, 5) is 20.5. The molecule has 0 saturated carbocycles. The summed E-state index contributed by atoms with van der Waals surface area (Å²) >= 11 is 1.40. The number of hydrogen-bond acceptors (Lipinski definition) is 5. The van der Waals surface area contributed by atoms with Gasteiger partial charge >= 0.3 is 0 Å². The lowest BCUT2D eigenvalue weighted by molar-refractivity contribution is 0.0793. The van der Waals surface area contributed by atoms with E-state index in [1.807, 2.05) is 24.8 Å². The molecule has 2 aromatic rings. The fourth-order valence-corrected chi connectivity index (χ4v) is 4.17. The van der Waals surface area contributed by atoms with Crippen LogP contribution in [0.3, 0.4) is 0 Å². The summed E-state index contributed by atoms with van der Waals surface area (Å²) in [5.41, 5.74) is 14.5. The van der Waals surface area contributed by atoms with Gasteiger partial charge in [-0.3, -0.25) is 4.79 Å². The summed E-state index contributed by atoms with van der Waals surface area (Å²) in [6.45, 7) is 6.09. The van der Waals surface area contributed by atoms with E-state index in [9.17, 15) is 4.79 Å². The molecule has 21 heavy (non-hydrogen) atoms. The molecule has 1 amide bonds. The quantitative estimate of drug-likeness (QED) is 0.887. The van der Waals surface area contributed by atoms with Crippen LogP contribution in [0, 0.1) is 19.8 Å². The molecule has 1 saturated heterocycles. The number of thiophene rings is 1. The second-order valence-electron chi connectivity index (χ2n) is 5.75. The zero-order valence-corrected chi connectivity index (χ0v) is 13.2. The molecule has 0 aliphatic carbocycles. The molecule has 0 spiro atoms. The Morgan fingerprint density at radius 1 is 1.52 bits per heavy atom. The average Bonchev–Trinajstić information content (AvgIpc) is 3.02. The predicted molar refractivity (Wildman–Crippen MR) is 86.6 cm³/mol. The third-order valence-electron chi connectivity index (χ3n) is 4.12. The van der Waals surface area contributed by atoms with E-state index < -0.39 is 0 Å². The first kappa shape index (κ1) is 14.3. The lowest BCUT2D eigenvalue weighted by atomic mass is 10.1. The molecule has 0 radical (unpaired) electrons. The van der Waals surface area contributed by atoms with Crippen LogP contribution in [0.4, 0.5) is 5.69 Å². The zero-order valence-electron chi connectivity index (χ0n) is 12.3. The Balaban J connectivity index is 1.99. The van der Waals surface area contributed by atoms with Gasteiger partial charge in [-0.05, 0) is 44.4 Å². The van der Waals surface area contributed by atoms with Gasteiger partial charge in [0.1, 0.15) is 9.71 Å². The van der Waals surface area contributed by atoms with Crippen LogP contribution >= 0.6 is 11.3 Å². The van der Waals surface area contributed by atoms with Crippen molar-refractivity contribution in [2.24, 2.45) is 11.7 Å². The van der Waals surface area contributed by atoms with Gasteiger partial charge in [0.25, 0.3) is 5.91 Å². The first-order valence-electron chi connectivity index (χ1n) is 7.16. The van der Waals surface area contributed by atoms with Gasteiger partial charge in [-0.1, -0.05) is 0 Å². The van der Waals surface area contributed by atoms with E-state index in [1.54, 1.807) is 0 Å². The molecule has 1 unspecified atom stereocenters. The third kappa shape index (κ3) is 2.38. The molecule has 112 valence electrons. The lowest BCUT2D eigenvalue weighted by Gasteiger charge is -2.15. The first-order valence-corrected chi connectivity index (χ1v) is 7.98. The molecule has 1 aliphatic heterocycles. The van der Waals surface area contributed by atoms with Crippen LogP contribution in [-0.2, 0) is 0 Å². The molecule has 4 N–H and O–H groups in total. The van der Waals surface area contributed by atoms with Crippen LogP contribution in [0.2, 0.25) is 0 Å². The minimum absolute atomic E-state index is 0.0171. The monoisotopic (exact) mass is 304 g/mol. The van der Waals surface area contributed by atoms with Crippen LogP contribution in [0.25, 0.3) is 10.2 Å². The van der Waals surface area contributed by atoms with Crippen molar-refractivity contribution in [3.05, 3.63) is 22.2 Å². The number of anilines is 1. The molecule has 1 atom stereocenters. The van der Waals surface area contributed by atoms with Gasteiger partial charge in [0.15, 0.2) is 0 Å². The van der Waals surface area contributed by atoms with Crippen molar-refractivity contribution in [3.63, 3.8) is 0 Å². The summed E-state index contributed by atoms with van der Waals surface area (Å²) in [5, 5.41) is 0.920. The highest BCUT2D eigenvalue weighted by Crippen LogP contribution is 2.36. The van der Waals surface area contributed by atoms with Gasteiger partial charge in [0.2, 0.25) is 0 Å². The largest absolute Gasteiger partial charge is 0.397 e. The molecule has 1 aliphatic rings. The number of aryl methyl sites for hydroxylation is 2. The van der Waals surface area contributed by atoms with Crippen LogP contribution < -0.4 is 11.5 Å². The van der Waals surface area contributed by atoms with Crippen LogP contribution in [0.5, 0.6) is 0 Å². The molecule has 3 rings (SSSR count). The fourth-order valence-electron chi connectivity index (χ4n) is 2.98. The van der Waals surface area contributed by atoms with Gasteiger partial charge in [-0.15, -0.1) is 11.3 Å². The normalized spacial score (nSPS) is 18.6. The van der Waals surface area contributed by atoms with E-state index in [0.717, 1.165) is 41.0 Å². The van der Waals surface area contributed by atoms with Crippen LogP contribution in [0.15, 0.2) is 6.07 Å². The second kappa shape index (κ2) is 5.27. The number of rotatable bonds is 2. The minimum atomic E-state index is 0.0171. The van der Waals surface area contributed by atoms with Crippen molar-refractivity contribution in [2.75, 3.05) is 25.4 Å². The molecule has 6 heteroatoms. The van der Waals surface area contributed by atoms with Gasteiger partial charge in [-0.25, -0.2) is 4.98 Å². The van der Waals surface area contributed by atoms with Gasteiger partial charge < -0.3 is 16.4 Å². The Bertz CT molecular complexity index is 709. The van der Waals surface area contributed by atoms with Gasteiger partial charge in [-0.2, -0.15) is 0 Å². The highest BCUT2D eigenvalue weighted by molar-refractivity contribution is 7.21. The molecule has 2 aromatic heterocycles. The highest BCUT2D eigenvalue weighted by Gasteiger charge is 2.29. The maximum absolute atomic E-state index is 12.7. The van der Waals surface area contributed by atoms with Crippen molar-refractivity contribution in [2.45, 2.75) is 20.3 Å². The minimum Gasteiger partial charge on any atom is -0.397 e. The fraction of sp³-hybridized carbons (Fsp3) is 0.467. The average molecular weight is 304 g/mol. The van der Waals surface area contributed by atoms with Crippen LogP contribution in [-0.4, -0.2) is 35.4 Å². The highest BCUT2D eigenvalue weighted by atomic mass is 32.1. The summed E-state index contributed by atoms with van der Waals surface area (Å²) in [6, 6.07) is 2.00. The number of carbonyl (C=O) groups is 1. The number of fused-ring (bicyclic) bond motifs is 1. The number of carbonyl (C=O) groups excluding carboxylic acids is 1. The Morgan fingerprint density at radius 3 is 2.95 bits per heavy atom. The summed E-state index contributed by atoms with van der Waals surface area (Å²) < 4.78 is 0. The number of aromatic nitrogens is 1. The number of nitrogens with zero attached hydrogens (tertiary/aromatic N) is 2. The standard InChI is InChI=1S/C15H20N4OS/c1-8-5-9(2)18-14-11(8)12(17)13(21-14)15(20)19-4-3-10(6-16)7-19/h5,10H,3-4,6-7,16-17H2,1-2H3. The Labute approximate surface area is 127 Å². The molecule has 0 aromatic carbocycles. The van der Waals surface area contributed by atoms with E-state index >= 15 is 0 Å². The van der Waals surface area contributed by atoms with E-state index in [0.29, 0.717) is 23.0 Å². The smallest absolute Gasteiger partial charge is 0.266 e. The molecule has 3 heterocycles. The number of amides is 1. The van der Waals surface area contributed by atoms with E-state index in [1.165, 1.54) is 11.3 Å². The number of pyridine rings is 1. The van der Waals surface area contributed by atoms with Crippen molar-refractivity contribution in [3.8, 4) is 0 Å². The molecule has 5 nitrogen and oxygen atoms in total. The summed E-state index contributed by atoms with van der Waals surface area (Å²) in [6.07, 6.45) is 0.976. The van der Waals surface area contributed by atoms with Crippen molar-refractivity contribution < 1.29 is 4.79 Å². The summed E-state index contributed by atoms with van der Waals surface area (Å²) in [5.74, 6) is 0.426. The maximum Gasteiger partial charge on any atom is 0.266 e. The van der Waals surface area contributed by atoms with Crippen molar-refractivity contribution in [1.29, 1.82) is 0 Å². The topological polar surface area (TPSA) is 85.2 Å². The molecule has 0 bridgehead atoms. The Kier molecular flexibility index (Phi) is 3.59. The Hall–Kier alpha value is -1.66. The lowest BCUT2D eigenvalue weighted by Crippen LogP contribution is -2.29. The SMILES string of the molecule is Cc1cc(C)c2c(N)c(C(=O)N3CCC(CN)C3)sc2n1. The van der Waals surface area contributed by atoms with Crippen molar-refractivity contribution in [1.82, 2.24) is 9.88 Å². The molecule has 1 fully saturated rings. The zero-order chi connectivity index (χ0) is 15.1. The van der Waals surface area contributed by atoms with E-state index in [4.69, 9.17) is 11.5 Å². The number of likely N-dealkylation sites (tertiary alicyclic amines) is 1. The third-order valence-corrected chi connectivity index (χ3v) is 5.21. The van der Waals surface area contributed by atoms with Gasteiger partial charge in [0.05, 0.1) is 5.69 Å². The molecular formula is C15H20N4OS. The van der Waals surface area contributed by atoms with E-state index in [2.05, 4.69) is 4.98 Å². The molecular weight excluding hydrogens is 284 g/mol. The Morgan fingerprint density at radius 2 is 2.29 bits per heavy atom. The van der Waals surface area contributed by atoms with E-state index in [-0.39, 0.29) is 5.91 Å². The number of hydrogen-bond donors (Lipinski definition) is 2. The number of nitrogen functional groups attached to an aromatic ring is 1. The van der Waals surface area contributed by atoms with Gasteiger partial charge in [0, 0.05) is 24.2 Å². The van der Waals surface area contributed by atoms with Crippen molar-refractivity contribution >= 4 is 33.1 Å². The number of nitrogens with two attached hydrogens (primary N) is 2. The first-order chi connectivity index (χ1) is 10.0. The van der Waals surface area contributed by atoms with Crippen LogP contribution in [0.1, 0.15) is 27.3 Å². The predicted octanol–water partition coefficient (Wildman–Crippen LogP) is 1.92.